The molecule has 0 amide bonds. The number of rotatable bonds is 1. The van der Waals surface area contributed by atoms with Gasteiger partial charge in [-0.15, -0.1) is 0 Å². The minimum absolute atomic E-state index is 0.0313. The summed E-state index contributed by atoms with van der Waals surface area (Å²) in [6, 6.07) is 7.74. The molecule has 0 saturated carbocycles. The van der Waals surface area contributed by atoms with Crippen molar-refractivity contribution in [2.24, 2.45) is 0 Å². The van der Waals surface area contributed by atoms with Gasteiger partial charge in [-0.25, -0.2) is 0 Å². The molecule has 0 bridgehead atoms. The van der Waals surface area contributed by atoms with Gasteiger partial charge in [0.25, 0.3) is 0 Å². The van der Waals surface area contributed by atoms with Crippen LogP contribution >= 0.6 is 15.9 Å². The molecule has 3 rings (SSSR count). The summed E-state index contributed by atoms with van der Waals surface area (Å²) in [5.74, 6) is -1.27. The van der Waals surface area contributed by atoms with Gasteiger partial charge in [0, 0.05) is 15.6 Å². The van der Waals surface area contributed by atoms with Crippen LogP contribution in [0.5, 0.6) is 5.75 Å². The van der Waals surface area contributed by atoms with Crippen molar-refractivity contribution in [3.05, 3.63) is 62.6 Å². The summed E-state index contributed by atoms with van der Waals surface area (Å²) in [7, 11) is 0. The Morgan fingerprint density at radius 2 is 1.55 bits per heavy atom. The molecule has 0 spiro atoms. The van der Waals surface area contributed by atoms with E-state index < -0.39 is 11.5 Å². The fourth-order valence-corrected chi connectivity index (χ4v) is 2.97. The van der Waals surface area contributed by atoms with Crippen molar-refractivity contribution in [1.82, 2.24) is 0 Å². The van der Waals surface area contributed by atoms with Gasteiger partial charge in [0.2, 0.25) is 0 Å². The average molecular weight is 331 g/mol. The molecule has 98 valence electrons. The third-order valence-corrected chi connectivity index (χ3v) is 3.90. The molecule has 1 aliphatic rings. The van der Waals surface area contributed by atoms with Crippen LogP contribution in [0, 0.1) is 0 Å². The first-order valence-electron chi connectivity index (χ1n) is 5.75. The van der Waals surface area contributed by atoms with Crippen molar-refractivity contribution < 1.29 is 19.5 Å². The normalized spacial score (nSPS) is 12.8. The van der Waals surface area contributed by atoms with Gasteiger partial charge < -0.3 is 5.11 Å². The van der Waals surface area contributed by atoms with Crippen LogP contribution in [0.3, 0.4) is 0 Å². The first-order chi connectivity index (χ1) is 9.56. The molecular formula is C15H7BrO4. The molecule has 1 aliphatic carbocycles. The predicted octanol–water partition coefficient (Wildman–Crippen LogP) is 2.74. The molecule has 20 heavy (non-hydrogen) atoms. The number of benzene rings is 2. The number of fused-ring (bicyclic) bond motifs is 2. The van der Waals surface area contributed by atoms with E-state index in [1.165, 1.54) is 12.1 Å². The summed E-state index contributed by atoms with van der Waals surface area (Å²) in [5, 5.41) is 10.0. The second-order valence-corrected chi connectivity index (χ2v) is 5.22. The van der Waals surface area contributed by atoms with Crippen LogP contribution in [-0.2, 0) is 0 Å². The van der Waals surface area contributed by atoms with E-state index in [1.54, 1.807) is 18.2 Å². The highest BCUT2D eigenvalue weighted by Gasteiger charge is 2.34. The van der Waals surface area contributed by atoms with Crippen molar-refractivity contribution in [1.29, 1.82) is 0 Å². The molecule has 0 aromatic heterocycles. The summed E-state index contributed by atoms with van der Waals surface area (Å²) in [5.41, 5.74) is 0.470. The number of aldehydes is 1. The fourth-order valence-electron chi connectivity index (χ4n) is 2.34. The van der Waals surface area contributed by atoms with Crippen LogP contribution in [0.4, 0.5) is 0 Å². The third kappa shape index (κ3) is 1.56. The van der Waals surface area contributed by atoms with Crippen LogP contribution in [0.25, 0.3) is 0 Å². The number of carbonyl (C=O) groups is 3. The number of phenols is 1. The molecule has 0 unspecified atom stereocenters. The van der Waals surface area contributed by atoms with Crippen LogP contribution < -0.4 is 0 Å². The Morgan fingerprint density at radius 1 is 1.00 bits per heavy atom. The Labute approximate surface area is 122 Å². The second kappa shape index (κ2) is 4.38. The Kier molecular flexibility index (Phi) is 2.79. The second-order valence-electron chi connectivity index (χ2n) is 4.37. The molecule has 0 saturated heterocycles. The molecule has 5 heteroatoms. The number of hydrogen-bond acceptors (Lipinski definition) is 4. The molecule has 0 fully saturated rings. The van der Waals surface area contributed by atoms with Crippen molar-refractivity contribution in [2.75, 3.05) is 0 Å². The van der Waals surface area contributed by atoms with Crippen LogP contribution in [0.1, 0.15) is 42.2 Å². The highest BCUT2D eigenvalue weighted by atomic mass is 79.9. The summed E-state index contributed by atoms with van der Waals surface area (Å²) >= 11 is 3.18. The van der Waals surface area contributed by atoms with Gasteiger partial charge in [-0.2, -0.15) is 0 Å². The molecule has 0 aliphatic heterocycles. The van der Waals surface area contributed by atoms with Crippen molar-refractivity contribution in [2.45, 2.75) is 0 Å². The monoisotopic (exact) mass is 330 g/mol. The van der Waals surface area contributed by atoms with Gasteiger partial charge in [0.1, 0.15) is 5.75 Å². The van der Waals surface area contributed by atoms with Crippen LogP contribution in [0.2, 0.25) is 0 Å². The molecule has 2 aromatic rings. The summed E-state index contributed by atoms with van der Waals surface area (Å²) in [4.78, 5) is 35.8. The number of halogens is 1. The van der Waals surface area contributed by atoms with Crippen LogP contribution in [0.15, 0.2) is 34.8 Å². The van der Waals surface area contributed by atoms with E-state index in [0.717, 1.165) is 0 Å². The lowest BCUT2D eigenvalue weighted by molar-refractivity contribution is 0.0975. The van der Waals surface area contributed by atoms with Crippen LogP contribution in [-0.4, -0.2) is 23.0 Å². The lowest BCUT2D eigenvalue weighted by Gasteiger charge is -2.20. The fraction of sp³-hybridized carbons (Fsp3) is 0. The van der Waals surface area contributed by atoms with Crippen molar-refractivity contribution >= 4 is 33.8 Å². The first-order valence-corrected chi connectivity index (χ1v) is 6.54. The van der Waals surface area contributed by atoms with Gasteiger partial charge in [-0.05, 0) is 22.0 Å². The number of ketones is 2. The molecule has 0 atom stereocenters. The van der Waals surface area contributed by atoms with E-state index in [0.29, 0.717) is 16.3 Å². The third-order valence-electron chi connectivity index (χ3n) is 3.28. The van der Waals surface area contributed by atoms with Gasteiger partial charge in [0.05, 0.1) is 16.7 Å². The van der Waals surface area contributed by atoms with Gasteiger partial charge in [-0.1, -0.05) is 24.3 Å². The minimum Gasteiger partial charge on any atom is -0.506 e. The zero-order valence-corrected chi connectivity index (χ0v) is 11.6. The first kappa shape index (κ1) is 12.7. The van der Waals surface area contributed by atoms with Gasteiger partial charge in [0.15, 0.2) is 17.9 Å². The van der Waals surface area contributed by atoms with E-state index in [2.05, 4.69) is 15.9 Å². The molecular weight excluding hydrogens is 324 g/mol. The van der Waals surface area contributed by atoms with E-state index >= 15 is 0 Å². The Hall–Kier alpha value is -2.27. The van der Waals surface area contributed by atoms with Crippen molar-refractivity contribution in [3.8, 4) is 5.75 Å². The SMILES string of the molecule is O=Cc1cc(Br)c2c(c1O)C(=O)c1ccccc1C2=O. The van der Waals surface area contributed by atoms with E-state index in [9.17, 15) is 19.5 Å². The lowest BCUT2D eigenvalue weighted by Crippen LogP contribution is -2.22. The maximum atomic E-state index is 12.4. The van der Waals surface area contributed by atoms with Crippen molar-refractivity contribution in [3.63, 3.8) is 0 Å². The molecule has 4 nitrogen and oxygen atoms in total. The molecule has 1 N–H and O–H groups in total. The topological polar surface area (TPSA) is 71.4 Å². The Bertz CT molecular complexity index is 793. The largest absolute Gasteiger partial charge is 0.506 e. The maximum Gasteiger partial charge on any atom is 0.198 e. The number of aromatic hydroxyl groups is 1. The summed E-state index contributed by atoms with van der Waals surface area (Å²) < 4.78 is 0.320. The van der Waals surface area contributed by atoms with Gasteiger partial charge >= 0.3 is 0 Å². The standard InChI is InChI=1S/C15H7BrO4/c16-10-5-7(6-17)13(18)12-11(10)14(19)8-3-1-2-4-9(8)15(12)20/h1-6,18H. The number of phenolic OH excluding ortho intramolecular Hbond substituents is 1. The highest BCUT2D eigenvalue weighted by Crippen LogP contribution is 2.38. The lowest BCUT2D eigenvalue weighted by atomic mass is 9.83. The quantitative estimate of drug-likeness (QED) is 0.696. The summed E-state index contributed by atoms with van der Waals surface area (Å²) in [6.07, 6.45) is 0.443. The Morgan fingerprint density at radius 3 is 2.10 bits per heavy atom. The molecule has 0 heterocycles. The maximum absolute atomic E-state index is 12.4. The smallest absolute Gasteiger partial charge is 0.198 e. The Balaban J connectivity index is 2.42. The predicted molar refractivity (Wildman–Crippen MR) is 74.5 cm³/mol. The zero-order chi connectivity index (χ0) is 14.4. The van der Waals surface area contributed by atoms with E-state index in [1.807, 2.05) is 0 Å². The minimum atomic E-state index is -0.461. The highest BCUT2D eigenvalue weighted by molar-refractivity contribution is 9.10. The molecule has 2 aromatic carbocycles. The summed E-state index contributed by atoms with van der Waals surface area (Å²) in [6.45, 7) is 0. The van der Waals surface area contributed by atoms with Gasteiger partial charge in [-0.3, -0.25) is 14.4 Å². The van der Waals surface area contributed by atoms with E-state index in [4.69, 9.17) is 0 Å². The average Bonchev–Trinajstić information content (AvgIpc) is 2.46. The zero-order valence-electron chi connectivity index (χ0n) is 10.0. The number of hydrogen-bond donors (Lipinski definition) is 1. The molecule has 0 radical (unpaired) electrons. The number of carbonyl (C=O) groups excluding carboxylic acids is 3. The van der Waals surface area contributed by atoms with E-state index in [-0.39, 0.29) is 28.0 Å².